The van der Waals surface area contributed by atoms with Crippen molar-refractivity contribution in [1.82, 2.24) is 9.55 Å². The van der Waals surface area contributed by atoms with Crippen molar-refractivity contribution in [2.45, 2.75) is 24.5 Å². The minimum absolute atomic E-state index is 0.483. The third kappa shape index (κ3) is 2.16. The number of aliphatic hydroxyl groups is 1. The van der Waals surface area contributed by atoms with Gasteiger partial charge in [-0.1, -0.05) is 0 Å². The number of ether oxygens (including phenoxy) is 1. The van der Waals surface area contributed by atoms with Crippen molar-refractivity contribution in [1.29, 1.82) is 0 Å². The predicted molar refractivity (Wildman–Crippen MR) is 58.5 cm³/mol. The second kappa shape index (κ2) is 4.62. The third-order valence-corrected chi connectivity index (χ3v) is 4.07. The van der Waals surface area contributed by atoms with Gasteiger partial charge in [-0.2, -0.15) is 0 Å². The summed E-state index contributed by atoms with van der Waals surface area (Å²) in [6.07, 6.45) is -2.93. The Morgan fingerprint density at radius 3 is 2.80 bits per heavy atom. The first-order valence-electron chi connectivity index (χ1n) is 5.63. The third-order valence-electron chi connectivity index (χ3n) is 3.05. The topological polar surface area (TPSA) is 143 Å². The van der Waals surface area contributed by atoms with Crippen LogP contribution in [0.3, 0.4) is 0 Å². The second-order valence-electron chi connectivity index (χ2n) is 4.31. The molecule has 0 bridgehead atoms. The molecular formula is C9H10N2O8P-. The molecule has 3 heterocycles. The van der Waals surface area contributed by atoms with Crippen molar-refractivity contribution in [2.75, 3.05) is 6.61 Å². The lowest BCUT2D eigenvalue weighted by Crippen LogP contribution is -2.34. The minimum Gasteiger partial charge on any atom is -0.858 e. The van der Waals surface area contributed by atoms with Crippen LogP contribution in [0.2, 0.25) is 0 Å². The van der Waals surface area contributed by atoms with Gasteiger partial charge in [-0.25, -0.2) is 14.3 Å². The Labute approximate surface area is 111 Å². The van der Waals surface area contributed by atoms with Crippen molar-refractivity contribution in [3.63, 3.8) is 0 Å². The predicted octanol–water partition coefficient (Wildman–Crippen LogP) is -1.91. The van der Waals surface area contributed by atoms with E-state index in [9.17, 15) is 24.5 Å². The van der Waals surface area contributed by atoms with E-state index in [0.717, 1.165) is 16.8 Å². The standard InChI is InChI=1S/C9H11N2O8P/c12-3-4-6-7(19-20(15,16)18-6)8(17-4)11-2-1-5(13)10-9(11)14/h1-2,4,6-8,12H,3H2,(H,15,16)(H,10,13,14)/p-1/t4-,6-,7-,8-/m1/s1. The summed E-state index contributed by atoms with van der Waals surface area (Å²) in [4.78, 5) is 24.2. The molecule has 2 aliphatic rings. The minimum atomic E-state index is -4.24. The van der Waals surface area contributed by atoms with E-state index in [-0.39, 0.29) is 0 Å². The Bertz CT molecular complexity index is 633. The SMILES string of the molecule is O=c1nc([O-])ccn1[C@@H]1O[C@H](CO)[C@H]2OP(=O)(O)O[C@H]21. The Morgan fingerprint density at radius 1 is 1.45 bits per heavy atom. The second-order valence-corrected chi connectivity index (χ2v) is 5.67. The summed E-state index contributed by atoms with van der Waals surface area (Å²) >= 11 is 0. The van der Waals surface area contributed by atoms with Gasteiger partial charge in [-0.05, 0) is 11.9 Å². The van der Waals surface area contributed by atoms with Gasteiger partial charge >= 0.3 is 13.5 Å². The van der Waals surface area contributed by atoms with Gasteiger partial charge in [-0.3, -0.25) is 13.6 Å². The molecule has 0 aliphatic carbocycles. The van der Waals surface area contributed by atoms with Gasteiger partial charge in [0.05, 0.1) is 6.61 Å². The van der Waals surface area contributed by atoms with Crippen LogP contribution < -0.4 is 10.8 Å². The fourth-order valence-corrected chi connectivity index (χ4v) is 3.39. The summed E-state index contributed by atoms with van der Waals surface area (Å²) in [6.45, 7) is -0.483. The Morgan fingerprint density at radius 2 is 2.15 bits per heavy atom. The highest BCUT2D eigenvalue weighted by Gasteiger charge is 2.57. The maximum Gasteiger partial charge on any atom is 0.473 e. The van der Waals surface area contributed by atoms with Gasteiger partial charge in [-0.15, -0.1) is 0 Å². The number of fused-ring (bicyclic) bond motifs is 1. The summed E-state index contributed by atoms with van der Waals surface area (Å²) in [5.41, 5.74) is -0.886. The molecule has 3 rings (SSSR count). The van der Waals surface area contributed by atoms with Gasteiger partial charge in [0.25, 0.3) is 0 Å². The Hall–Kier alpha value is -1.29. The fourth-order valence-electron chi connectivity index (χ4n) is 2.24. The van der Waals surface area contributed by atoms with Crippen LogP contribution in [-0.2, 0) is 18.3 Å². The molecule has 110 valence electrons. The highest BCUT2D eigenvalue weighted by molar-refractivity contribution is 7.47. The van der Waals surface area contributed by atoms with Crippen molar-refractivity contribution in [3.05, 3.63) is 22.7 Å². The lowest BCUT2D eigenvalue weighted by atomic mass is 10.1. The number of phosphoric ester groups is 1. The van der Waals surface area contributed by atoms with Crippen molar-refractivity contribution in [2.24, 2.45) is 0 Å². The van der Waals surface area contributed by atoms with Gasteiger partial charge in [0.1, 0.15) is 18.3 Å². The molecule has 11 heteroatoms. The van der Waals surface area contributed by atoms with E-state index >= 15 is 0 Å². The summed E-state index contributed by atoms with van der Waals surface area (Å²) in [7, 11) is -4.24. The highest BCUT2D eigenvalue weighted by atomic mass is 31.2. The van der Waals surface area contributed by atoms with Gasteiger partial charge in [0, 0.05) is 6.20 Å². The van der Waals surface area contributed by atoms with Crippen LogP contribution in [0, 0.1) is 0 Å². The highest BCUT2D eigenvalue weighted by Crippen LogP contribution is 2.58. The number of aliphatic hydroxyl groups excluding tert-OH is 1. The van der Waals surface area contributed by atoms with Gasteiger partial charge in [0.15, 0.2) is 6.23 Å². The van der Waals surface area contributed by atoms with E-state index in [4.69, 9.17) is 13.8 Å². The van der Waals surface area contributed by atoms with Crippen LogP contribution in [-0.4, -0.2) is 44.5 Å². The first-order chi connectivity index (χ1) is 9.41. The van der Waals surface area contributed by atoms with Crippen molar-refractivity contribution < 1.29 is 33.5 Å². The maximum atomic E-state index is 11.7. The first-order valence-corrected chi connectivity index (χ1v) is 7.13. The lowest BCUT2D eigenvalue weighted by Gasteiger charge is -2.19. The van der Waals surface area contributed by atoms with E-state index < -0.39 is 50.5 Å². The molecule has 0 amide bonds. The molecule has 0 spiro atoms. The summed E-state index contributed by atoms with van der Waals surface area (Å²) in [5.74, 6) is -0.712. The van der Waals surface area contributed by atoms with E-state index in [2.05, 4.69) is 4.98 Å². The Kier molecular flexibility index (Phi) is 3.16. The van der Waals surface area contributed by atoms with Gasteiger partial charge < -0.3 is 19.8 Å². The number of phosphoric acid groups is 1. The molecule has 2 fully saturated rings. The zero-order chi connectivity index (χ0) is 14.5. The zero-order valence-corrected chi connectivity index (χ0v) is 10.8. The Balaban J connectivity index is 1.98. The number of rotatable bonds is 2. The monoisotopic (exact) mass is 305 g/mol. The molecule has 1 unspecified atom stereocenters. The average Bonchev–Trinajstić information content (AvgIpc) is 2.83. The van der Waals surface area contributed by atoms with E-state index in [1.165, 1.54) is 0 Å². The molecule has 1 aromatic heterocycles. The molecule has 10 nitrogen and oxygen atoms in total. The van der Waals surface area contributed by atoms with Crippen LogP contribution in [0.5, 0.6) is 5.88 Å². The molecule has 5 atom stereocenters. The van der Waals surface area contributed by atoms with Crippen LogP contribution in [0.1, 0.15) is 6.23 Å². The number of nitrogens with zero attached hydrogens (tertiary/aromatic N) is 2. The summed E-state index contributed by atoms with van der Waals surface area (Å²) in [6, 6.07) is 1.04. The maximum absolute atomic E-state index is 11.7. The molecule has 20 heavy (non-hydrogen) atoms. The smallest absolute Gasteiger partial charge is 0.473 e. The molecule has 0 radical (unpaired) electrons. The van der Waals surface area contributed by atoms with Crippen LogP contribution >= 0.6 is 7.82 Å². The number of hydrogen-bond acceptors (Lipinski definition) is 8. The largest absolute Gasteiger partial charge is 0.858 e. The fraction of sp³-hybridized carbons (Fsp3) is 0.556. The van der Waals surface area contributed by atoms with Crippen LogP contribution in [0.4, 0.5) is 0 Å². The van der Waals surface area contributed by atoms with Crippen molar-refractivity contribution in [3.8, 4) is 5.88 Å². The molecule has 2 aliphatic heterocycles. The molecular weight excluding hydrogens is 295 g/mol. The summed E-state index contributed by atoms with van der Waals surface area (Å²) < 4.78 is 27.4. The lowest BCUT2D eigenvalue weighted by molar-refractivity contribution is -0.275. The summed E-state index contributed by atoms with van der Waals surface area (Å²) in [5, 5.41) is 20.1. The van der Waals surface area contributed by atoms with E-state index in [1.807, 2.05) is 0 Å². The molecule has 2 N–H and O–H groups in total. The molecule has 0 aromatic carbocycles. The number of hydrogen-bond donors (Lipinski definition) is 2. The van der Waals surface area contributed by atoms with Crippen molar-refractivity contribution >= 4 is 7.82 Å². The normalized spacial score (nSPS) is 39.9. The zero-order valence-electron chi connectivity index (χ0n) is 9.86. The average molecular weight is 305 g/mol. The quantitative estimate of drug-likeness (QED) is 0.598. The molecule has 1 aromatic rings. The molecule has 2 saturated heterocycles. The molecule has 0 saturated carbocycles. The van der Waals surface area contributed by atoms with Crippen LogP contribution in [0.15, 0.2) is 17.1 Å². The van der Waals surface area contributed by atoms with E-state index in [0.29, 0.717) is 0 Å². The first kappa shape index (κ1) is 13.7. The number of aromatic nitrogens is 2. The van der Waals surface area contributed by atoms with Gasteiger partial charge in [0.2, 0.25) is 0 Å². The van der Waals surface area contributed by atoms with E-state index in [1.54, 1.807) is 0 Å². The van der Waals surface area contributed by atoms with Crippen LogP contribution in [0.25, 0.3) is 0 Å².